The predicted octanol–water partition coefficient (Wildman–Crippen LogP) is 3.50. The highest BCUT2D eigenvalue weighted by Crippen LogP contribution is 2.34. The third kappa shape index (κ3) is 3.70. The van der Waals surface area contributed by atoms with Gasteiger partial charge in [0.05, 0.1) is 16.4 Å². The fourth-order valence-electron chi connectivity index (χ4n) is 2.16. The van der Waals surface area contributed by atoms with Crippen LogP contribution in [-0.2, 0) is 11.2 Å². The van der Waals surface area contributed by atoms with Crippen molar-refractivity contribution in [2.75, 3.05) is 5.32 Å². The smallest absolute Gasteiger partial charge is 0.188 e. The number of rotatable bonds is 5. The van der Waals surface area contributed by atoms with Gasteiger partial charge in [0.1, 0.15) is 0 Å². The van der Waals surface area contributed by atoms with E-state index >= 15 is 0 Å². The fourth-order valence-corrected chi connectivity index (χ4v) is 3.32. The lowest BCUT2D eigenvalue weighted by Gasteiger charge is -2.03. The Morgan fingerprint density at radius 2 is 1.83 bits per heavy atom. The Morgan fingerprint density at radius 1 is 1.13 bits per heavy atom. The van der Waals surface area contributed by atoms with Crippen LogP contribution in [0, 0.1) is 0 Å². The van der Waals surface area contributed by atoms with E-state index in [0.29, 0.717) is 20.7 Å². The van der Waals surface area contributed by atoms with Gasteiger partial charge in [-0.3, -0.25) is 0 Å². The van der Waals surface area contributed by atoms with E-state index < -0.39 is 5.97 Å². The van der Waals surface area contributed by atoms with Gasteiger partial charge >= 0.3 is 0 Å². The summed E-state index contributed by atoms with van der Waals surface area (Å²) in [5, 5.41) is 15.3. The van der Waals surface area contributed by atoms with E-state index in [2.05, 4.69) is 10.3 Å². The first-order valence-electron chi connectivity index (χ1n) is 6.90. The van der Waals surface area contributed by atoms with Crippen LogP contribution in [-0.4, -0.2) is 11.0 Å². The number of carbonyl (C=O) groups is 1. The Balaban J connectivity index is 1.98. The zero-order chi connectivity index (χ0) is 16.2. The average molecular weight is 344 g/mol. The van der Waals surface area contributed by atoms with Crippen molar-refractivity contribution in [1.29, 1.82) is 0 Å². The predicted molar refractivity (Wildman–Crippen MR) is 91.0 cm³/mol. The third-order valence-electron chi connectivity index (χ3n) is 3.16. The van der Waals surface area contributed by atoms with Crippen LogP contribution in [0.25, 0.3) is 11.3 Å². The number of benzene rings is 2. The normalized spacial score (nSPS) is 10.5. The topological polar surface area (TPSA) is 65.0 Å². The van der Waals surface area contributed by atoms with Gasteiger partial charge in [-0.1, -0.05) is 54.1 Å². The van der Waals surface area contributed by atoms with Crippen LogP contribution in [0.1, 0.15) is 4.88 Å². The van der Waals surface area contributed by atoms with Gasteiger partial charge in [-0.25, -0.2) is 4.98 Å². The molecule has 1 N–H and O–H groups in total. The summed E-state index contributed by atoms with van der Waals surface area (Å²) in [6.45, 7) is 0. The summed E-state index contributed by atoms with van der Waals surface area (Å²) in [5.74, 6) is -1.13. The summed E-state index contributed by atoms with van der Waals surface area (Å²) in [6.07, 6.45) is -0.175. The number of carbonyl (C=O) groups excluding carboxylic acids is 1. The molecule has 0 atom stereocenters. The third-order valence-corrected chi connectivity index (χ3v) is 4.47. The standard InChI is InChI=1S/C17H13ClN2O2S/c18-12-8-4-5-9-13(12)19-17-20-16(11-6-2-1-3-7-11)14(23-17)10-15(21)22/h1-9H,10H2,(H,19,20)(H,21,22)/p-1. The minimum Gasteiger partial charge on any atom is -0.550 e. The monoisotopic (exact) mass is 343 g/mol. The molecule has 0 amide bonds. The van der Waals surface area contributed by atoms with Gasteiger partial charge in [0, 0.05) is 22.8 Å². The van der Waals surface area contributed by atoms with Gasteiger partial charge in [-0.2, -0.15) is 0 Å². The van der Waals surface area contributed by atoms with Crippen molar-refractivity contribution in [2.45, 2.75) is 6.42 Å². The number of thiazole rings is 1. The second kappa shape index (κ2) is 6.81. The molecule has 116 valence electrons. The van der Waals surface area contributed by atoms with E-state index in [-0.39, 0.29) is 6.42 Å². The number of halogens is 1. The lowest BCUT2D eigenvalue weighted by Crippen LogP contribution is -2.24. The van der Waals surface area contributed by atoms with Crippen LogP contribution in [0.15, 0.2) is 54.6 Å². The van der Waals surface area contributed by atoms with Crippen molar-refractivity contribution in [1.82, 2.24) is 4.98 Å². The van der Waals surface area contributed by atoms with E-state index in [1.54, 1.807) is 6.07 Å². The summed E-state index contributed by atoms with van der Waals surface area (Å²) >= 11 is 7.42. The van der Waals surface area contributed by atoms with Gasteiger partial charge in [-0.15, -0.1) is 11.3 Å². The van der Waals surface area contributed by atoms with Crippen molar-refractivity contribution in [3.05, 3.63) is 64.5 Å². The van der Waals surface area contributed by atoms with Crippen LogP contribution in [0.3, 0.4) is 0 Å². The molecule has 0 saturated heterocycles. The maximum absolute atomic E-state index is 11.0. The zero-order valence-electron chi connectivity index (χ0n) is 12.0. The largest absolute Gasteiger partial charge is 0.550 e. The Hall–Kier alpha value is -2.37. The molecule has 0 aliphatic rings. The van der Waals surface area contributed by atoms with Crippen molar-refractivity contribution < 1.29 is 9.90 Å². The first-order chi connectivity index (χ1) is 11.1. The summed E-state index contributed by atoms with van der Waals surface area (Å²) in [7, 11) is 0. The number of carboxylic acid groups (broad SMARTS) is 1. The van der Waals surface area contributed by atoms with Crippen molar-refractivity contribution >= 4 is 39.7 Å². The summed E-state index contributed by atoms with van der Waals surface area (Å²) in [6, 6.07) is 16.8. The number of nitrogens with zero attached hydrogens (tertiary/aromatic N) is 1. The second-order valence-corrected chi connectivity index (χ2v) is 6.30. The van der Waals surface area contributed by atoms with Crippen LogP contribution in [0.2, 0.25) is 5.02 Å². The highest BCUT2D eigenvalue weighted by molar-refractivity contribution is 7.16. The molecule has 2 aromatic carbocycles. The van der Waals surface area contributed by atoms with Crippen molar-refractivity contribution in [3.8, 4) is 11.3 Å². The van der Waals surface area contributed by atoms with E-state index in [4.69, 9.17) is 11.6 Å². The van der Waals surface area contributed by atoms with E-state index in [1.165, 1.54) is 11.3 Å². The van der Waals surface area contributed by atoms with Gasteiger partial charge < -0.3 is 15.2 Å². The zero-order valence-corrected chi connectivity index (χ0v) is 13.5. The molecule has 0 spiro atoms. The summed E-state index contributed by atoms with van der Waals surface area (Å²) in [4.78, 5) is 16.2. The van der Waals surface area contributed by atoms with Crippen molar-refractivity contribution in [3.63, 3.8) is 0 Å². The number of hydrogen-bond donors (Lipinski definition) is 1. The SMILES string of the molecule is O=C([O-])Cc1sc(Nc2ccccc2Cl)nc1-c1ccccc1. The van der Waals surface area contributed by atoms with Crippen LogP contribution in [0.5, 0.6) is 0 Å². The number of para-hydroxylation sites is 1. The highest BCUT2D eigenvalue weighted by Gasteiger charge is 2.14. The van der Waals surface area contributed by atoms with Crippen molar-refractivity contribution in [2.24, 2.45) is 0 Å². The fraction of sp³-hybridized carbons (Fsp3) is 0.0588. The van der Waals surface area contributed by atoms with Crippen LogP contribution >= 0.6 is 22.9 Å². The molecule has 4 nitrogen and oxygen atoms in total. The van der Waals surface area contributed by atoms with Gasteiger partial charge in [0.2, 0.25) is 0 Å². The maximum Gasteiger partial charge on any atom is 0.188 e. The molecular weight excluding hydrogens is 332 g/mol. The molecule has 1 heterocycles. The lowest BCUT2D eigenvalue weighted by molar-refractivity contribution is -0.304. The molecule has 0 unspecified atom stereocenters. The molecule has 6 heteroatoms. The molecule has 0 aliphatic heterocycles. The molecular formula is C17H12ClN2O2S-. The first-order valence-corrected chi connectivity index (χ1v) is 8.09. The highest BCUT2D eigenvalue weighted by atomic mass is 35.5. The first kappa shape index (κ1) is 15.5. The number of carboxylic acids is 1. The molecule has 0 radical (unpaired) electrons. The summed E-state index contributed by atoms with van der Waals surface area (Å²) in [5.41, 5.74) is 2.24. The Morgan fingerprint density at radius 3 is 2.52 bits per heavy atom. The molecule has 23 heavy (non-hydrogen) atoms. The Kier molecular flexibility index (Phi) is 4.60. The van der Waals surface area contributed by atoms with E-state index in [1.807, 2.05) is 48.5 Å². The van der Waals surface area contributed by atoms with E-state index in [9.17, 15) is 9.90 Å². The van der Waals surface area contributed by atoms with E-state index in [0.717, 1.165) is 11.3 Å². The Labute approximate surface area is 142 Å². The summed E-state index contributed by atoms with van der Waals surface area (Å²) < 4.78 is 0. The number of aliphatic carboxylic acids is 1. The molecule has 0 fully saturated rings. The molecule has 3 aromatic rings. The lowest BCUT2D eigenvalue weighted by atomic mass is 10.1. The number of hydrogen-bond acceptors (Lipinski definition) is 5. The average Bonchev–Trinajstić information content (AvgIpc) is 2.92. The maximum atomic E-state index is 11.0. The molecule has 0 bridgehead atoms. The van der Waals surface area contributed by atoms with Gasteiger partial charge in [-0.05, 0) is 12.1 Å². The van der Waals surface area contributed by atoms with Gasteiger partial charge in [0.25, 0.3) is 0 Å². The molecule has 3 rings (SSSR count). The second-order valence-electron chi connectivity index (χ2n) is 4.81. The minimum absolute atomic E-state index is 0.175. The number of aromatic nitrogens is 1. The van der Waals surface area contributed by atoms with Crippen LogP contribution in [0.4, 0.5) is 10.8 Å². The van der Waals surface area contributed by atoms with Gasteiger partial charge in [0.15, 0.2) is 5.13 Å². The molecule has 0 aliphatic carbocycles. The number of anilines is 2. The Bertz CT molecular complexity index is 834. The number of nitrogens with one attached hydrogen (secondary N) is 1. The van der Waals surface area contributed by atoms with Crippen LogP contribution < -0.4 is 10.4 Å². The molecule has 1 aromatic heterocycles. The quantitative estimate of drug-likeness (QED) is 0.770. The molecule has 0 saturated carbocycles. The minimum atomic E-state index is -1.13.